The van der Waals surface area contributed by atoms with E-state index in [4.69, 9.17) is 28.0 Å². The van der Waals surface area contributed by atoms with Crippen molar-refractivity contribution in [1.29, 1.82) is 0 Å². The lowest BCUT2D eigenvalue weighted by atomic mass is 9.86. The molecule has 0 bridgehead atoms. The summed E-state index contributed by atoms with van der Waals surface area (Å²) in [6, 6.07) is 8.24. The normalized spacial score (nSPS) is 17.9. The molecule has 0 saturated heterocycles. The summed E-state index contributed by atoms with van der Waals surface area (Å²) in [5.41, 5.74) is -1.65. The summed E-state index contributed by atoms with van der Waals surface area (Å²) in [5, 5.41) is 6.45. The van der Waals surface area contributed by atoms with Crippen LogP contribution in [0.1, 0.15) is 33.5 Å². The lowest BCUT2D eigenvalue weighted by Gasteiger charge is -2.29. The number of carbonyl (C=O) groups excluding carboxylic acids is 1. The number of alkyl halides is 3. The first kappa shape index (κ1) is 23.0. The van der Waals surface area contributed by atoms with E-state index in [9.17, 15) is 18.0 Å². The third-order valence-corrected chi connectivity index (χ3v) is 5.56. The van der Waals surface area contributed by atoms with Gasteiger partial charge in [0, 0.05) is 40.0 Å². The zero-order valence-corrected chi connectivity index (χ0v) is 18.5. The number of aryl methyl sites for hydroxylation is 1. The van der Waals surface area contributed by atoms with Gasteiger partial charge in [-0.3, -0.25) is 9.78 Å². The molecule has 0 spiro atoms. The highest BCUT2D eigenvalue weighted by molar-refractivity contribution is 6.34. The van der Waals surface area contributed by atoms with Gasteiger partial charge in [0.05, 0.1) is 11.9 Å². The van der Waals surface area contributed by atoms with Crippen LogP contribution >= 0.6 is 23.2 Å². The Kier molecular flexibility index (Phi) is 6.02. The maximum atomic E-state index is 14.2. The Morgan fingerprint density at radius 1 is 1.12 bits per heavy atom. The first-order valence-corrected chi connectivity index (χ1v) is 10.3. The molecule has 6 nitrogen and oxygen atoms in total. The standard InChI is InChI=1S/C22H15Cl2F3N4O2/c1-12-6-13(2-3-17(12)20(32)30-19-11-28-4-5-29-19)18-10-21(33-31-18,22(25,26)27)14-7-15(23)9-16(24)8-14/h2-9,11H,10H2,1H3,(H,29,30,32). The van der Waals surface area contributed by atoms with Gasteiger partial charge in [-0.25, -0.2) is 4.98 Å². The van der Waals surface area contributed by atoms with Crippen LogP contribution in [0, 0.1) is 6.92 Å². The van der Waals surface area contributed by atoms with Crippen molar-refractivity contribution in [3.63, 3.8) is 0 Å². The van der Waals surface area contributed by atoms with E-state index >= 15 is 0 Å². The van der Waals surface area contributed by atoms with Crippen LogP contribution in [0.15, 0.2) is 60.1 Å². The largest absolute Gasteiger partial charge is 0.435 e. The van der Waals surface area contributed by atoms with Crippen LogP contribution < -0.4 is 5.32 Å². The number of halogens is 5. The fourth-order valence-corrected chi connectivity index (χ4v) is 4.02. The van der Waals surface area contributed by atoms with Gasteiger partial charge in [-0.05, 0) is 48.4 Å². The molecule has 1 N–H and O–H groups in total. The molecule has 33 heavy (non-hydrogen) atoms. The van der Waals surface area contributed by atoms with Crippen LogP contribution in [0.3, 0.4) is 0 Å². The lowest BCUT2D eigenvalue weighted by molar-refractivity contribution is -0.275. The van der Waals surface area contributed by atoms with Crippen molar-refractivity contribution in [3.05, 3.63) is 87.3 Å². The minimum Gasteiger partial charge on any atom is -0.374 e. The van der Waals surface area contributed by atoms with Crippen LogP contribution in [-0.4, -0.2) is 27.8 Å². The Balaban J connectivity index is 1.61. The van der Waals surface area contributed by atoms with Crippen LogP contribution in [0.5, 0.6) is 0 Å². The Bertz CT molecular complexity index is 1230. The van der Waals surface area contributed by atoms with E-state index in [2.05, 4.69) is 20.4 Å². The van der Waals surface area contributed by atoms with Crippen molar-refractivity contribution in [2.45, 2.75) is 25.1 Å². The van der Waals surface area contributed by atoms with Crippen LogP contribution in [0.2, 0.25) is 10.0 Å². The summed E-state index contributed by atoms with van der Waals surface area (Å²) in [7, 11) is 0. The van der Waals surface area contributed by atoms with Crippen LogP contribution in [0.4, 0.5) is 19.0 Å². The number of amides is 1. The summed E-state index contributed by atoms with van der Waals surface area (Å²) in [6.07, 6.45) is -1.08. The second-order valence-electron chi connectivity index (χ2n) is 7.36. The van der Waals surface area contributed by atoms with Gasteiger partial charge in [0.1, 0.15) is 0 Å². The minimum atomic E-state index is -4.79. The van der Waals surface area contributed by atoms with Crippen molar-refractivity contribution in [3.8, 4) is 0 Å². The summed E-state index contributed by atoms with van der Waals surface area (Å²) < 4.78 is 42.5. The first-order valence-electron chi connectivity index (χ1n) is 9.56. The van der Waals surface area contributed by atoms with Gasteiger partial charge in [-0.15, -0.1) is 0 Å². The fourth-order valence-electron chi connectivity index (χ4n) is 3.49. The highest BCUT2D eigenvalue weighted by atomic mass is 35.5. The van der Waals surface area contributed by atoms with Gasteiger partial charge in [0.2, 0.25) is 0 Å². The molecule has 170 valence electrons. The number of benzene rings is 2. The molecular formula is C22H15Cl2F3N4O2. The van der Waals surface area contributed by atoms with Gasteiger partial charge in [-0.1, -0.05) is 34.4 Å². The summed E-state index contributed by atoms with van der Waals surface area (Å²) >= 11 is 11.9. The molecule has 1 atom stereocenters. The second kappa shape index (κ2) is 8.64. The molecule has 1 amide bonds. The molecule has 1 aliphatic rings. The minimum absolute atomic E-state index is 0.0486. The third-order valence-electron chi connectivity index (χ3n) is 5.12. The van der Waals surface area contributed by atoms with Gasteiger partial charge in [0.15, 0.2) is 5.82 Å². The van der Waals surface area contributed by atoms with E-state index in [-0.39, 0.29) is 27.1 Å². The first-order chi connectivity index (χ1) is 15.6. The average Bonchev–Trinajstić information content (AvgIpc) is 3.21. The van der Waals surface area contributed by atoms with Crippen molar-refractivity contribution >= 4 is 40.6 Å². The van der Waals surface area contributed by atoms with Gasteiger partial charge >= 0.3 is 6.18 Å². The number of hydrogen-bond acceptors (Lipinski definition) is 5. The highest BCUT2D eigenvalue weighted by Crippen LogP contribution is 2.49. The summed E-state index contributed by atoms with van der Waals surface area (Å²) in [6.45, 7) is 1.67. The van der Waals surface area contributed by atoms with E-state index in [0.29, 0.717) is 16.7 Å². The zero-order valence-electron chi connectivity index (χ0n) is 17.0. The lowest BCUT2D eigenvalue weighted by Crippen LogP contribution is -2.42. The fraction of sp³-hybridized carbons (Fsp3) is 0.182. The Morgan fingerprint density at radius 3 is 2.45 bits per heavy atom. The van der Waals surface area contributed by atoms with Gasteiger partial charge in [0.25, 0.3) is 11.5 Å². The predicted molar refractivity (Wildman–Crippen MR) is 118 cm³/mol. The van der Waals surface area contributed by atoms with Crippen LogP contribution in [-0.2, 0) is 10.4 Å². The topological polar surface area (TPSA) is 76.5 Å². The molecular weight excluding hydrogens is 480 g/mol. The third kappa shape index (κ3) is 4.51. The summed E-state index contributed by atoms with van der Waals surface area (Å²) in [5.74, 6) is -0.156. The van der Waals surface area contributed by atoms with Gasteiger partial charge < -0.3 is 10.2 Å². The predicted octanol–water partition coefficient (Wildman–Crippen LogP) is 5.93. The number of hydrogen-bond donors (Lipinski definition) is 1. The van der Waals surface area contributed by atoms with Crippen molar-refractivity contribution < 1.29 is 22.8 Å². The highest BCUT2D eigenvalue weighted by Gasteiger charge is 2.62. The maximum Gasteiger partial charge on any atom is 0.435 e. The maximum absolute atomic E-state index is 14.2. The summed E-state index contributed by atoms with van der Waals surface area (Å²) in [4.78, 5) is 25.4. The molecule has 2 aromatic carbocycles. The van der Waals surface area contributed by atoms with E-state index in [1.165, 1.54) is 36.8 Å². The Hall–Kier alpha value is -3.17. The molecule has 4 rings (SSSR count). The number of nitrogens with one attached hydrogen (secondary N) is 1. The van der Waals surface area contributed by atoms with Crippen molar-refractivity contribution in [1.82, 2.24) is 9.97 Å². The number of nitrogens with zero attached hydrogens (tertiary/aromatic N) is 3. The van der Waals surface area contributed by atoms with Crippen molar-refractivity contribution in [2.75, 3.05) is 5.32 Å². The van der Waals surface area contributed by atoms with Crippen molar-refractivity contribution in [2.24, 2.45) is 5.16 Å². The van der Waals surface area contributed by atoms with E-state index in [1.807, 2.05) is 0 Å². The molecule has 1 aromatic heterocycles. The van der Waals surface area contributed by atoms with E-state index in [0.717, 1.165) is 12.1 Å². The zero-order chi connectivity index (χ0) is 23.8. The molecule has 2 heterocycles. The molecule has 0 radical (unpaired) electrons. The smallest absolute Gasteiger partial charge is 0.374 e. The average molecular weight is 495 g/mol. The molecule has 0 aliphatic carbocycles. The number of carbonyl (C=O) groups is 1. The number of oxime groups is 1. The SMILES string of the molecule is Cc1cc(C2=NOC(c3cc(Cl)cc(Cl)c3)(C(F)(F)F)C2)ccc1C(=O)Nc1cnccn1. The molecule has 0 saturated carbocycles. The number of anilines is 1. The molecule has 0 fully saturated rings. The second-order valence-corrected chi connectivity index (χ2v) is 8.24. The molecule has 1 unspecified atom stereocenters. The molecule has 1 aliphatic heterocycles. The Morgan fingerprint density at radius 2 is 1.85 bits per heavy atom. The monoisotopic (exact) mass is 494 g/mol. The van der Waals surface area contributed by atoms with E-state index < -0.39 is 24.1 Å². The number of rotatable bonds is 4. The molecule has 3 aromatic rings. The quantitative estimate of drug-likeness (QED) is 0.487. The number of aromatic nitrogens is 2. The van der Waals surface area contributed by atoms with Gasteiger partial charge in [-0.2, -0.15) is 13.2 Å². The molecule has 11 heteroatoms. The van der Waals surface area contributed by atoms with E-state index in [1.54, 1.807) is 13.0 Å². The Labute approximate surface area is 196 Å². The van der Waals surface area contributed by atoms with Crippen LogP contribution in [0.25, 0.3) is 0 Å².